The SMILES string of the molecule is CC[C@@H]1[C@H](C#N)C(C)CC(C#N)[C@@H]1O. The van der Waals surface area contributed by atoms with Crippen LogP contribution in [0.5, 0.6) is 0 Å². The minimum Gasteiger partial charge on any atom is -0.391 e. The molecular weight excluding hydrogens is 176 g/mol. The molecule has 0 aliphatic heterocycles. The van der Waals surface area contributed by atoms with E-state index < -0.39 is 6.10 Å². The van der Waals surface area contributed by atoms with Crippen LogP contribution in [0.15, 0.2) is 0 Å². The summed E-state index contributed by atoms with van der Waals surface area (Å²) in [6.07, 6.45) is 0.791. The molecule has 0 aromatic carbocycles. The zero-order valence-electron chi connectivity index (χ0n) is 8.64. The molecule has 0 amide bonds. The first kappa shape index (κ1) is 11.0. The average Bonchev–Trinajstić information content (AvgIpc) is 2.20. The number of nitrogens with zero attached hydrogens (tertiary/aromatic N) is 2. The Balaban J connectivity index is 2.87. The number of hydrogen-bond donors (Lipinski definition) is 1. The van der Waals surface area contributed by atoms with Gasteiger partial charge in [-0.2, -0.15) is 10.5 Å². The first-order valence-electron chi connectivity index (χ1n) is 5.13. The summed E-state index contributed by atoms with van der Waals surface area (Å²) >= 11 is 0. The van der Waals surface area contributed by atoms with Gasteiger partial charge in [-0.15, -0.1) is 0 Å². The van der Waals surface area contributed by atoms with Gasteiger partial charge in [-0.1, -0.05) is 13.8 Å². The molecule has 1 rings (SSSR count). The normalized spacial score (nSPS) is 42.5. The van der Waals surface area contributed by atoms with Crippen molar-refractivity contribution in [2.75, 3.05) is 0 Å². The Bertz CT molecular complexity index is 276. The van der Waals surface area contributed by atoms with Crippen LogP contribution in [-0.4, -0.2) is 11.2 Å². The van der Waals surface area contributed by atoms with Gasteiger partial charge in [0.05, 0.1) is 30.1 Å². The van der Waals surface area contributed by atoms with Gasteiger partial charge in [0.15, 0.2) is 0 Å². The molecular formula is C11H16N2O. The predicted molar refractivity (Wildman–Crippen MR) is 51.8 cm³/mol. The Morgan fingerprint density at radius 3 is 2.43 bits per heavy atom. The van der Waals surface area contributed by atoms with E-state index in [-0.39, 0.29) is 23.7 Å². The van der Waals surface area contributed by atoms with E-state index in [0.29, 0.717) is 6.42 Å². The Hall–Kier alpha value is -1.06. The van der Waals surface area contributed by atoms with Gasteiger partial charge in [0.1, 0.15) is 0 Å². The van der Waals surface area contributed by atoms with Gasteiger partial charge in [0.25, 0.3) is 0 Å². The number of aliphatic hydroxyl groups excluding tert-OH is 1. The third-order valence-electron chi connectivity index (χ3n) is 3.34. The van der Waals surface area contributed by atoms with Crippen LogP contribution in [0.4, 0.5) is 0 Å². The highest BCUT2D eigenvalue weighted by molar-refractivity contribution is 5.04. The van der Waals surface area contributed by atoms with Gasteiger partial charge < -0.3 is 5.11 Å². The molecule has 1 N–H and O–H groups in total. The van der Waals surface area contributed by atoms with Crippen LogP contribution >= 0.6 is 0 Å². The topological polar surface area (TPSA) is 67.8 Å². The second-order valence-electron chi connectivity index (χ2n) is 4.17. The van der Waals surface area contributed by atoms with Crippen LogP contribution in [0.1, 0.15) is 26.7 Å². The lowest BCUT2D eigenvalue weighted by Crippen LogP contribution is -2.41. The molecule has 14 heavy (non-hydrogen) atoms. The third-order valence-corrected chi connectivity index (χ3v) is 3.34. The van der Waals surface area contributed by atoms with E-state index >= 15 is 0 Å². The highest BCUT2D eigenvalue weighted by Crippen LogP contribution is 2.39. The molecule has 0 spiro atoms. The molecule has 0 saturated heterocycles. The lowest BCUT2D eigenvalue weighted by Gasteiger charge is -2.38. The summed E-state index contributed by atoms with van der Waals surface area (Å²) < 4.78 is 0. The van der Waals surface area contributed by atoms with Crippen molar-refractivity contribution in [3.63, 3.8) is 0 Å². The Morgan fingerprint density at radius 1 is 1.36 bits per heavy atom. The molecule has 0 bridgehead atoms. The number of aliphatic hydroxyl groups is 1. The van der Waals surface area contributed by atoms with Crippen LogP contribution in [-0.2, 0) is 0 Å². The molecule has 5 atom stereocenters. The Labute approximate surface area is 85.0 Å². The maximum atomic E-state index is 9.87. The summed E-state index contributed by atoms with van der Waals surface area (Å²) in [7, 11) is 0. The van der Waals surface area contributed by atoms with Crippen molar-refractivity contribution < 1.29 is 5.11 Å². The van der Waals surface area contributed by atoms with E-state index in [1.807, 2.05) is 13.8 Å². The van der Waals surface area contributed by atoms with Gasteiger partial charge >= 0.3 is 0 Å². The van der Waals surface area contributed by atoms with Crippen molar-refractivity contribution in [2.24, 2.45) is 23.7 Å². The minimum absolute atomic E-state index is 0.0339. The highest BCUT2D eigenvalue weighted by atomic mass is 16.3. The van der Waals surface area contributed by atoms with E-state index in [2.05, 4.69) is 12.1 Å². The molecule has 1 saturated carbocycles. The summed E-state index contributed by atoms with van der Waals surface area (Å²) in [5.41, 5.74) is 0. The molecule has 2 unspecified atom stereocenters. The van der Waals surface area contributed by atoms with E-state index in [4.69, 9.17) is 10.5 Å². The van der Waals surface area contributed by atoms with E-state index in [1.165, 1.54) is 0 Å². The van der Waals surface area contributed by atoms with Crippen LogP contribution in [0, 0.1) is 46.3 Å². The molecule has 0 aromatic rings. The zero-order chi connectivity index (χ0) is 10.7. The molecule has 3 nitrogen and oxygen atoms in total. The smallest absolute Gasteiger partial charge is 0.0739 e. The minimum atomic E-state index is -0.620. The second-order valence-corrected chi connectivity index (χ2v) is 4.17. The first-order valence-corrected chi connectivity index (χ1v) is 5.13. The molecule has 1 aliphatic carbocycles. The molecule has 0 heterocycles. The number of rotatable bonds is 1. The van der Waals surface area contributed by atoms with E-state index in [0.717, 1.165) is 6.42 Å². The van der Waals surface area contributed by atoms with Crippen LogP contribution in [0.2, 0.25) is 0 Å². The maximum absolute atomic E-state index is 9.87. The monoisotopic (exact) mass is 192 g/mol. The largest absolute Gasteiger partial charge is 0.391 e. The van der Waals surface area contributed by atoms with Crippen molar-refractivity contribution in [1.82, 2.24) is 0 Å². The molecule has 76 valence electrons. The molecule has 3 heteroatoms. The van der Waals surface area contributed by atoms with Crippen LogP contribution in [0.3, 0.4) is 0 Å². The Kier molecular flexibility index (Phi) is 3.49. The van der Waals surface area contributed by atoms with Crippen molar-refractivity contribution in [3.05, 3.63) is 0 Å². The van der Waals surface area contributed by atoms with Crippen molar-refractivity contribution in [1.29, 1.82) is 10.5 Å². The van der Waals surface area contributed by atoms with Crippen LogP contribution < -0.4 is 0 Å². The molecule has 0 radical (unpaired) electrons. The standard InChI is InChI=1S/C11H16N2O/c1-3-9-10(6-13)7(2)4-8(5-12)11(9)14/h7-11,14H,3-4H2,1-2H3/t7?,8?,9-,10-,11+/m1/s1. The summed E-state index contributed by atoms with van der Waals surface area (Å²) in [6.45, 7) is 3.96. The van der Waals surface area contributed by atoms with E-state index in [9.17, 15) is 5.11 Å². The molecule has 0 aromatic heterocycles. The fraction of sp³-hybridized carbons (Fsp3) is 0.818. The molecule has 1 fully saturated rings. The summed E-state index contributed by atoms with van der Waals surface area (Å²) in [6, 6.07) is 4.39. The highest BCUT2D eigenvalue weighted by Gasteiger charge is 2.41. The Morgan fingerprint density at radius 2 is 2.00 bits per heavy atom. The first-order chi connectivity index (χ1) is 6.65. The van der Waals surface area contributed by atoms with Gasteiger partial charge in [-0.05, 0) is 18.8 Å². The van der Waals surface area contributed by atoms with Crippen LogP contribution in [0.25, 0.3) is 0 Å². The van der Waals surface area contributed by atoms with Gasteiger partial charge in [0.2, 0.25) is 0 Å². The lowest BCUT2D eigenvalue weighted by molar-refractivity contribution is -0.00394. The van der Waals surface area contributed by atoms with Crippen molar-refractivity contribution in [3.8, 4) is 12.1 Å². The van der Waals surface area contributed by atoms with Crippen molar-refractivity contribution in [2.45, 2.75) is 32.8 Å². The van der Waals surface area contributed by atoms with E-state index in [1.54, 1.807) is 0 Å². The quantitative estimate of drug-likeness (QED) is 0.687. The summed E-state index contributed by atoms with van der Waals surface area (Å²) in [5.74, 6) is -0.203. The second kappa shape index (κ2) is 4.44. The maximum Gasteiger partial charge on any atom is 0.0739 e. The fourth-order valence-electron chi connectivity index (χ4n) is 2.47. The summed E-state index contributed by atoms with van der Waals surface area (Å²) in [5, 5.41) is 27.7. The van der Waals surface area contributed by atoms with Gasteiger partial charge in [-0.25, -0.2) is 0 Å². The van der Waals surface area contributed by atoms with Gasteiger partial charge in [0, 0.05) is 5.92 Å². The predicted octanol–water partition coefficient (Wildman–Crippen LogP) is 1.69. The summed E-state index contributed by atoms with van der Waals surface area (Å²) in [4.78, 5) is 0. The number of hydrogen-bond acceptors (Lipinski definition) is 3. The van der Waals surface area contributed by atoms with Gasteiger partial charge in [-0.3, -0.25) is 0 Å². The number of nitriles is 2. The average molecular weight is 192 g/mol. The third kappa shape index (κ3) is 1.74. The lowest BCUT2D eigenvalue weighted by atomic mass is 9.66. The van der Waals surface area contributed by atoms with Crippen molar-refractivity contribution >= 4 is 0 Å². The molecule has 1 aliphatic rings. The zero-order valence-corrected chi connectivity index (χ0v) is 8.64. The fourth-order valence-corrected chi connectivity index (χ4v) is 2.47.